The number of nitriles is 1. The number of methoxy groups -OCH3 is 1. The highest BCUT2D eigenvalue weighted by molar-refractivity contribution is 5.82. The van der Waals surface area contributed by atoms with Crippen LogP contribution in [0.3, 0.4) is 0 Å². The van der Waals surface area contributed by atoms with Crippen LogP contribution in [0.5, 0.6) is 5.75 Å². The van der Waals surface area contributed by atoms with Gasteiger partial charge in [-0.1, -0.05) is 42.9 Å². The van der Waals surface area contributed by atoms with Crippen molar-refractivity contribution in [2.24, 2.45) is 5.92 Å². The van der Waals surface area contributed by atoms with Crippen LogP contribution in [0.2, 0.25) is 0 Å². The van der Waals surface area contributed by atoms with Gasteiger partial charge in [-0.3, -0.25) is 4.79 Å². The molecule has 31 heavy (non-hydrogen) atoms. The molecule has 5 heteroatoms. The zero-order chi connectivity index (χ0) is 21.8. The fourth-order valence-corrected chi connectivity index (χ4v) is 4.73. The molecule has 1 saturated heterocycles. The maximum Gasteiger partial charge on any atom is 0.227 e. The number of likely N-dealkylation sites (tertiary alicyclic amines) is 1. The summed E-state index contributed by atoms with van der Waals surface area (Å²) in [6.45, 7) is -0.140. The topological polar surface area (TPSA) is 73.6 Å². The molecule has 3 atom stereocenters. The number of ether oxygens (including phenoxy) is 1. The summed E-state index contributed by atoms with van der Waals surface area (Å²) in [5, 5.41) is 19.7. The second-order valence-corrected chi connectivity index (χ2v) is 8.18. The lowest BCUT2D eigenvalue weighted by Crippen LogP contribution is -2.66. The molecular formula is C26H26N2O3. The zero-order valence-electron chi connectivity index (χ0n) is 17.6. The third-order valence-electron chi connectivity index (χ3n) is 6.41. The number of carbonyl (C=O) groups is 1. The number of hydrogen-bond acceptors (Lipinski definition) is 4. The van der Waals surface area contributed by atoms with Crippen molar-refractivity contribution in [2.45, 2.75) is 43.7 Å². The predicted octanol–water partition coefficient (Wildman–Crippen LogP) is 3.46. The highest BCUT2D eigenvalue weighted by Crippen LogP contribution is 2.42. The van der Waals surface area contributed by atoms with E-state index in [-0.39, 0.29) is 30.4 Å². The molecule has 1 amide bonds. The van der Waals surface area contributed by atoms with E-state index in [9.17, 15) is 15.2 Å². The molecule has 4 rings (SSSR count). The van der Waals surface area contributed by atoms with Crippen LogP contribution in [-0.2, 0) is 4.79 Å². The zero-order valence-corrected chi connectivity index (χ0v) is 17.6. The van der Waals surface area contributed by atoms with Gasteiger partial charge in [-0.05, 0) is 48.7 Å². The van der Waals surface area contributed by atoms with E-state index in [0.29, 0.717) is 0 Å². The number of carbonyl (C=O) groups excluding carboxylic acids is 1. The van der Waals surface area contributed by atoms with Gasteiger partial charge in [0.1, 0.15) is 11.8 Å². The summed E-state index contributed by atoms with van der Waals surface area (Å²) in [5.74, 6) is 6.89. The molecule has 0 spiro atoms. The van der Waals surface area contributed by atoms with Gasteiger partial charge in [0.05, 0.1) is 25.8 Å². The van der Waals surface area contributed by atoms with Crippen molar-refractivity contribution in [2.75, 3.05) is 13.7 Å². The first-order valence-electron chi connectivity index (χ1n) is 10.7. The maximum absolute atomic E-state index is 12.9. The number of benzene rings is 2. The molecule has 0 unspecified atom stereocenters. The average molecular weight is 415 g/mol. The number of rotatable bonds is 4. The Labute approximate surface area is 183 Å². The second-order valence-electron chi connectivity index (χ2n) is 8.18. The van der Waals surface area contributed by atoms with Crippen molar-refractivity contribution in [1.82, 2.24) is 4.90 Å². The quantitative estimate of drug-likeness (QED) is 0.778. The van der Waals surface area contributed by atoms with Crippen molar-refractivity contribution in [3.05, 3.63) is 65.2 Å². The Morgan fingerprint density at radius 3 is 2.48 bits per heavy atom. The van der Waals surface area contributed by atoms with Crippen LogP contribution in [0, 0.1) is 29.1 Å². The number of aliphatic hydroxyl groups excluding tert-OH is 1. The molecule has 1 N–H and O–H groups in total. The maximum atomic E-state index is 12.9. The molecule has 2 aromatic rings. The van der Waals surface area contributed by atoms with Crippen LogP contribution in [0.15, 0.2) is 48.5 Å². The first-order chi connectivity index (χ1) is 15.2. The molecule has 2 aliphatic rings. The molecule has 1 aliphatic carbocycles. The minimum atomic E-state index is -0.529. The minimum Gasteiger partial charge on any atom is -0.497 e. The predicted molar refractivity (Wildman–Crippen MR) is 117 cm³/mol. The normalized spacial score (nSPS) is 22.7. The Kier molecular flexibility index (Phi) is 6.26. The van der Waals surface area contributed by atoms with Gasteiger partial charge in [0.15, 0.2) is 0 Å². The van der Waals surface area contributed by atoms with Crippen LogP contribution in [-0.4, -0.2) is 41.7 Å². The van der Waals surface area contributed by atoms with Crippen molar-refractivity contribution in [3.8, 4) is 23.7 Å². The summed E-state index contributed by atoms with van der Waals surface area (Å²) in [4.78, 5) is 14.5. The van der Waals surface area contributed by atoms with E-state index < -0.39 is 6.04 Å². The minimum absolute atomic E-state index is 0.000103. The van der Waals surface area contributed by atoms with E-state index >= 15 is 0 Å². The first-order valence-corrected chi connectivity index (χ1v) is 10.7. The van der Waals surface area contributed by atoms with Crippen LogP contribution in [0.4, 0.5) is 0 Å². The second kappa shape index (κ2) is 9.25. The van der Waals surface area contributed by atoms with Crippen LogP contribution in [0.25, 0.3) is 0 Å². The molecule has 2 aromatic carbocycles. The lowest BCUT2D eigenvalue weighted by molar-refractivity contribution is -0.151. The van der Waals surface area contributed by atoms with Gasteiger partial charge < -0.3 is 14.7 Å². The number of aliphatic hydroxyl groups is 1. The smallest absolute Gasteiger partial charge is 0.227 e. The highest BCUT2D eigenvalue weighted by Gasteiger charge is 2.52. The van der Waals surface area contributed by atoms with E-state index in [0.717, 1.165) is 48.1 Å². The Morgan fingerprint density at radius 2 is 1.84 bits per heavy atom. The Hall–Kier alpha value is -3.28. The van der Waals surface area contributed by atoms with E-state index in [4.69, 9.17) is 4.74 Å². The Bertz CT molecular complexity index is 1040. The molecule has 0 radical (unpaired) electrons. The van der Waals surface area contributed by atoms with Crippen LogP contribution < -0.4 is 4.74 Å². The molecule has 0 aromatic heterocycles. The van der Waals surface area contributed by atoms with Gasteiger partial charge >= 0.3 is 0 Å². The largest absolute Gasteiger partial charge is 0.497 e. The third-order valence-corrected chi connectivity index (χ3v) is 6.41. The number of amides is 1. The molecule has 5 nitrogen and oxygen atoms in total. The van der Waals surface area contributed by atoms with E-state index in [2.05, 4.69) is 17.9 Å². The highest BCUT2D eigenvalue weighted by atomic mass is 16.5. The molecule has 158 valence electrons. The Morgan fingerprint density at radius 1 is 1.13 bits per heavy atom. The summed E-state index contributed by atoms with van der Waals surface area (Å²) in [6.07, 6.45) is 3.90. The van der Waals surface area contributed by atoms with Gasteiger partial charge in [0.2, 0.25) is 5.91 Å². The molecule has 1 aliphatic heterocycles. The summed E-state index contributed by atoms with van der Waals surface area (Å²) in [6, 6.07) is 16.8. The summed E-state index contributed by atoms with van der Waals surface area (Å²) >= 11 is 0. The van der Waals surface area contributed by atoms with Crippen molar-refractivity contribution in [1.29, 1.82) is 5.26 Å². The number of hydrogen-bond donors (Lipinski definition) is 1. The summed E-state index contributed by atoms with van der Waals surface area (Å²) in [5.41, 5.74) is 2.68. The van der Waals surface area contributed by atoms with Crippen molar-refractivity contribution in [3.63, 3.8) is 0 Å². The average Bonchev–Trinajstić information content (AvgIpc) is 3.34. The van der Waals surface area contributed by atoms with Crippen molar-refractivity contribution >= 4 is 5.91 Å². The fraction of sp³-hybridized carbons (Fsp3) is 0.385. The standard InChI is InChI=1S/C26H26N2O3/c1-31-22-8-4-5-19(15-22)10-9-18-11-13-20(14-12-18)25-23(16-27)28(24(25)17-29)26(30)21-6-2-3-7-21/h4-5,8,11-15,21,23-25,29H,2-3,6-7,17H2,1H3/t23-,24-,25-/m0/s1. The van der Waals surface area contributed by atoms with Gasteiger partial charge in [-0.25, -0.2) is 0 Å². The van der Waals surface area contributed by atoms with E-state index in [1.807, 2.05) is 48.5 Å². The summed E-state index contributed by atoms with van der Waals surface area (Å²) < 4.78 is 5.22. The fourth-order valence-electron chi connectivity index (χ4n) is 4.73. The third kappa shape index (κ3) is 4.15. The van der Waals surface area contributed by atoms with Crippen molar-refractivity contribution < 1.29 is 14.6 Å². The van der Waals surface area contributed by atoms with E-state index in [1.165, 1.54) is 0 Å². The van der Waals surface area contributed by atoms with Gasteiger partial charge in [0, 0.05) is 23.0 Å². The van der Waals surface area contributed by atoms with Gasteiger partial charge in [0.25, 0.3) is 0 Å². The first kappa shape index (κ1) is 21.0. The molecular weight excluding hydrogens is 388 g/mol. The van der Waals surface area contributed by atoms with Gasteiger partial charge in [-0.15, -0.1) is 0 Å². The Balaban J connectivity index is 1.50. The lowest BCUT2D eigenvalue weighted by Gasteiger charge is -2.52. The molecule has 2 fully saturated rings. The van der Waals surface area contributed by atoms with Crippen LogP contribution in [0.1, 0.15) is 48.3 Å². The molecule has 1 heterocycles. The van der Waals surface area contributed by atoms with Crippen LogP contribution >= 0.6 is 0 Å². The monoisotopic (exact) mass is 414 g/mol. The molecule has 1 saturated carbocycles. The van der Waals surface area contributed by atoms with Gasteiger partial charge in [-0.2, -0.15) is 5.26 Å². The van der Waals surface area contributed by atoms with E-state index in [1.54, 1.807) is 12.0 Å². The number of nitrogens with zero attached hydrogens (tertiary/aromatic N) is 2. The molecule has 0 bridgehead atoms. The lowest BCUT2D eigenvalue weighted by atomic mass is 9.75. The SMILES string of the molecule is COc1cccc(C#Cc2ccc([C@H]3[C@H](C#N)N(C(=O)C4CCCC4)[C@H]3CO)cc2)c1. The summed E-state index contributed by atoms with van der Waals surface area (Å²) in [7, 11) is 1.63.